The third-order valence-electron chi connectivity index (χ3n) is 5.93. The van der Waals surface area contributed by atoms with Gasteiger partial charge in [-0.15, -0.1) is 0 Å². The van der Waals surface area contributed by atoms with E-state index >= 15 is 0 Å². The molecule has 11 heteroatoms. The molecule has 0 atom stereocenters. The summed E-state index contributed by atoms with van der Waals surface area (Å²) in [5.41, 5.74) is 18.5. The summed E-state index contributed by atoms with van der Waals surface area (Å²) in [4.78, 5) is 7.48. The number of aryl methyl sites for hydroxylation is 2. The summed E-state index contributed by atoms with van der Waals surface area (Å²) < 4.78 is 3.55. The largest absolute Gasteiger partial charge is 0.382 e. The smallest absolute Gasteiger partial charge is 0.163 e. The van der Waals surface area contributed by atoms with Gasteiger partial charge in [0, 0.05) is 36.2 Å². The molecule has 0 radical (unpaired) electrons. The number of aromatic nitrogens is 5. The second kappa shape index (κ2) is 8.16. The van der Waals surface area contributed by atoms with Crippen LogP contribution in [-0.2, 0) is 18.4 Å². The minimum absolute atomic E-state index is 0.00862. The predicted molar refractivity (Wildman–Crippen MR) is 116 cm³/mol. The first kappa shape index (κ1) is 20.5. The van der Waals surface area contributed by atoms with Crippen LogP contribution >= 0.6 is 0 Å². The molecule has 1 aliphatic rings. The summed E-state index contributed by atoms with van der Waals surface area (Å²) in [6, 6.07) is 4.14. The van der Waals surface area contributed by atoms with Crippen molar-refractivity contribution in [2.45, 2.75) is 51.5 Å². The molecule has 0 aliphatic heterocycles. The highest BCUT2D eigenvalue weighted by molar-refractivity contribution is 5.69. The number of nitrogens with zero attached hydrogens (tertiary/aromatic N) is 9. The van der Waals surface area contributed by atoms with Crippen molar-refractivity contribution in [3.05, 3.63) is 45.2 Å². The Morgan fingerprint density at radius 2 is 2.23 bits per heavy atom. The SMILES string of the molecule is CCc1c(C)nn2c(N)c(C#N)c(NCCc3ccn(C4(CCN=[N+]=[N-])CC4)n3)nc12. The highest BCUT2D eigenvalue weighted by Crippen LogP contribution is 2.46. The minimum atomic E-state index is -0.00862. The second-order valence-corrected chi connectivity index (χ2v) is 7.84. The second-order valence-electron chi connectivity index (χ2n) is 7.84. The van der Waals surface area contributed by atoms with E-state index in [9.17, 15) is 5.26 Å². The van der Waals surface area contributed by atoms with Crippen molar-refractivity contribution in [2.75, 3.05) is 24.1 Å². The van der Waals surface area contributed by atoms with Crippen LogP contribution in [-0.4, -0.2) is 37.5 Å². The molecule has 0 aromatic carbocycles. The molecule has 0 spiro atoms. The Kier molecular flexibility index (Phi) is 5.40. The summed E-state index contributed by atoms with van der Waals surface area (Å²) in [6.07, 6.45) is 6.35. The van der Waals surface area contributed by atoms with Crippen LogP contribution in [0.5, 0.6) is 0 Å². The molecular formula is C20H25N11. The number of nitrogens with two attached hydrogens (primary N) is 1. The van der Waals surface area contributed by atoms with Crippen LogP contribution in [0.3, 0.4) is 0 Å². The van der Waals surface area contributed by atoms with Crippen molar-refractivity contribution in [1.29, 1.82) is 5.26 Å². The molecule has 3 N–H and O–H groups in total. The third-order valence-corrected chi connectivity index (χ3v) is 5.93. The Morgan fingerprint density at radius 3 is 2.90 bits per heavy atom. The normalized spacial score (nSPS) is 14.2. The topological polar surface area (TPSA) is 159 Å². The van der Waals surface area contributed by atoms with E-state index < -0.39 is 0 Å². The summed E-state index contributed by atoms with van der Waals surface area (Å²) in [6.45, 7) is 5.01. The molecular weight excluding hydrogens is 394 g/mol. The lowest BCUT2D eigenvalue weighted by atomic mass is 10.2. The molecule has 11 nitrogen and oxygen atoms in total. The molecule has 0 saturated heterocycles. The van der Waals surface area contributed by atoms with Gasteiger partial charge in [-0.25, -0.2) is 4.98 Å². The van der Waals surface area contributed by atoms with Gasteiger partial charge < -0.3 is 11.1 Å². The maximum atomic E-state index is 9.60. The lowest BCUT2D eigenvalue weighted by molar-refractivity contribution is 0.404. The van der Waals surface area contributed by atoms with Crippen LogP contribution in [0.2, 0.25) is 0 Å². The monoisotopic (exact) mass is 419 g/mol. The molecule has 31 heavy (non-hydrogen) atoms. The van der Waals surface area contributed by atoms with E-state index in [0.717, 1.165) is 42.6 Å². The third kappa shape index (κ3) is 3.73. The van der Waals surface area contributed by atoms with Crippen LogP contribution in [0, 0.1) is 18.3 Å². The first-order valence-electron chi connectivity index (χ1n) is 10.4. The van der Waals surface area contributed by atoms with Crippen molar-refractivity contribution in [1.82, 2.24) is 24.4 Å². The standard InChI is InChI=1S/C20H25N11/c1-3-15-13(2)27-31-17(22)16(12-21)18(26-19(15)31)24-9-4-14-5-11-30(28-14)20(6-7-20)8-10-25-29-23/h5,11H,3-4,6-10,22H2,1-2H3,(H,24,26). The molecule has 0 amide bonds. The molecule has 160 valence electrons. The number of nitrogen functional groups attached to an aromatic ring is 1. The summed E-state index contributed by atoms with van der Waals surface area (Å²) in [5, 5.41) is 25.6. The average molecular weight is 419 g/mol. The van der Waals surface area contributed by atoms with E-state index in [-0.39, 0.29) is 16.9 Å². The first-order valence-corrected chi connectivity index (χ1v) is 10.4. The summed E-state index contributed by atoms with van der Waals surface area (Å²) in [7, 11) is 0. The fourth-order valence-electron chi connectivity index (χ4n) is 3.98. The lowest BCUT2D eigenvalue weighted by Crippen LogP contribution is -2.19. The number of hydrogen-bond donors (Lipinski definition) is 2. The zero-order valence-corrected chi connectivity index (χ0v) is 17.7. The number of hydrogen-bond acceptors (Lipinski definition) is 7. The molecule has 1 saturated carbocycles. The number of nitriles is 1. The Labute approximate surface area is 179 Å². The fraction of sp³-hybridized carbons (Fsp3) is 0.500. The van der Waals surface area contributed by atoms with Crippen molar-refractivity contribution in [3.8, 4) is 6.07 Å². The fourth-order valence-corrected chi connectivity index (χ4v) is 3.98. The number of nitrogens with one attached hydrogen (secondary N) is 1. The highest BCUT2D eigenvalue weighted by atomic mass is 15.3. The van der Waals surface area contributed by atoms with Gasteiger partial charge in [0.1, 0.15) is 23.3 Å². The van der Waals surface area contributed by atoms with E-state index in [1.807, 2.05) is 30.8 Å². The summed E-state index contributed by atoms with van der Waals surface area (Å²) in [5.74, 6) is 0.757. The van der Waals surface area contributed by atoms with E-state index in [1.165, 1.54) is 0 Å². The first-order chi connectivity index (χ1) is 15.0. The van der Waals surface area contributed by atoms with Gasteiger partial charge in [0.2, 0.25) is 0 Å². The van der Waals surface area contributed by atoms with Crippen LogP contribution in [0.1, 0.15) is 48.7 Å². The van der Waals surface area contributed by atoms with Crippen molar-refractivity contribution >= 4 is 17.3 Å². The van der Waals surface area contributed by atoms with Gasteiger partial charge in [-0.1, -0.05) is 12.0 Å². The summed E-state index contributed by atoms with van der Waals surface area (Å²) >= 11 is 0. The Hall–Kier alpha value is -3.77. The van der Waals surface area contributed by atoms with Gasteiger partial charge in [0.15, 0.2) is 5.65 Å². The Balaban J connectivity index is 1.47. The number of anilines is 2. The minimum Gasteiger partial charge on any atom is -0.382 e. The van der Waals surface area contributed by atoms with Crippen LogP contribution in [0.15, 0.2) is 17.4 Å². The molecule has 0 bridgehead atoms. The van der Waals surface area contributed by atoms with Crippen LogP contribution in [0.4, 0.5) is 11.6 Å². The molecule has 1 aliphatic carbocycles. The molecule has 1 fully saturated rings. The van der Waals surface area contributed by atoms with Gasteiger partial charge in [0.05, 0.1) is 16.9 Å². The molecule has 3 heterocycles. The zero-order chi connectivity index (χ0) is 22.0. The zero-order valence-electron chi connectivity index (χ0n) is 17.7. The Bertz CT molecular complexity index is 1200. The highest BCUT2D eigenvalue weighted by Gasteiger charge is 2.44. The van der Waals surface area contributed by atoms with E-state index in [1.54, 1.807) is 4.52 Å². The van der Waals surface area contributed by atoms with Gasteiger partial charge >= 0.3 is 0 Å². The van der Waals surface area contributed by atoms with Gasteiger partial charge in [-0.2, -0.15) is 20.0 Å². The lowest BCUT2D eigenvalue weighted by Gasteiger charge is -2.14. The van der Waals surface area contributed by atoms with Gasteiger partial charge in [0.25, 0.3) is 0 Å². The quantitative estimate of drug-likeness (QED) is 0.308. The van der Waals surface area contributed by atoms with Crippen molar-refractivity contribution < 1.29 is 0 Å². The Morgan fingerprint density at radius 1 is 1.42 bits per heavy atom. The van der Waals surface area contributed by atoms with Crippen molar-refractivity contribution in [2.24, 2.45) is 5.11 Å². The van der Waals surface area contributed by atoms with Crippen molar-refractivity contribution in [3.63, 3.8) is 0 Å². The van der Waals surface area contributed by atoms with Crippen LogP contribution in [0.25, 0.3) is 16.1 Å². The van der Waals surface area contributed by atoms with E-state index in [2.05, 4.69) is 31.5 Å². The molecule has 0 unspecified atom stereocenters. The predicted octanol–water partition coefficient (Wildman–Crippen LogP) is 3.09. The maximum absolute atomic E-state index is 9.60. The number of azide groups is 1. The molecule has 4 rings (SSSR count). The average Bonchev–Trinajstić information content (AvgIpc) is 3.25. The number of rotatable bonds is 9. The van der Waals surface area contributed by atoms with E-state index in [0.29, 0.717) is 31.0 Å². The number of fused-ring (bicyclic) bond motifs is 1. The molecule has 3 aromatic heterocycles. The van der Waals surface area contributed by atoms with Gasteiger partial charge in [-0.05, 0) is 44.2 Å². The maximum Gasteiger partial charge on any atom is 0.163 e. The van der Waals surface area contributed by atoms with Crippen LogP contribution < -0.4 is 11.1 Å². The van der Waals surface area contributed by atoms with E-state index in [4.69, 9.17) is 16.4 Å². The molecule has 3 aromatic rings. The van der Waals surface area contributed by atoms with Gasteiger partial charge in [-0.3, -0.25) is 4.68 Å².